The first-order chi connectivity index (χ1) is 6.47. The molecule has 0 amide bonds. The van der Waals surface area contributed by atoms with Gasteiger partial charge in [-0.05, 0) is 25.0 Å². The van der Waals surface area contributed by atoms with Gasteiger partial charge in [0.25, 0.3) is 0 Å². The van der Waals surface area contributed by atoms with Crippen LogP contribution < -0.4 is 0 Å². The molecule has 0 unspecified atom stereocenters. The van der Waals surface area contributed by atoms with Crippen LogP contribution in [-0.2, 0) is 10.3 Å². The summed E-state index contributed by atoms with van der Waals surface area (Å²) in [7, 11) is 1.73. The lowest BCUT2D eigenvalue weighted by atomic mass is 9.97. The molecule has 0 aliphatic rings. The topological polar surface area (TPSA) is 9.23 Å². The zero-order valence-corrected chi connectivity index (χ0v) is 11.7. The van der Waals surface area contributed by atoms with E-state index in [0.717, 1.165) is 0 Å². The quantitative estimate of drug-likeness (QED) is 0.752. The van der Waals surface area contributed by atoms with Crippen LogP contribution in [-0.4, -0.2) is 7.11 Å². The van der Waals surface area contributed by atoms with Gasteiger partial charge in [-0.15, -0.1) is 0 Å². The van der Waals surface area contributed by atoms with Crippen LogP contribution in [0.5, 0.6) is 0 Å². The summed E-state index contributed by atoms with van der Waals surface area (Å²) in [5.74, 6) is 0. The lowest BCUT2D eigenvalue weighted by Crippen LogP contribution is -2.19. The summed E-state index contributed by atoms with van der Waals surface area (Å²) in [5, 5.41) is 0. The monoisotopic (exact) mass is 320 g/mol. The van der Waals surface area contributed by atoms with Crippen molar-refractivity contribution in [2.75, 3.05) is 7.11 Å². The third-order valence-corrected chi connectivity index (χ3v) is 3.43. The van der Waals surface area contributed by atoms with E-state index in [0.29, 0.717) is 0 Å². The van der Waals surface area contributed by atoms with Crippen LogP contribution in [0.1, 0.15) is 28.7 Å². The molecule has 1 rings (SSSR count). The highest BCUT2D eigenvalue weighted by molar-refractivity contribution is 9.24. The van der Waals surface area contributed by atoms with E-state index in [9.17, 15) is 0 Å². The van der Waals surface area contributed by atoms with Gasteiger partial charge in [-0.3, -0.25) is 0 Å². The van der Waals surface area contributed by atoms with E-state index < -0.39 is 0 Å². The Kier molecular flexibility index (Phi) is 4.16. The van der Waals surface area contributed by atoms with Crippen LogP contribution in [0.15, 0.2) is 24.3 Å². The Morgan fingerprint density at radius 1 is 1.14 bits per heavy atom. The smallest absolute Gasteiger partial charge is 0.0946 e. The zero-order chi connectivity index (χ0) is 10.8. The van der Waals surface area contributed by atoms with E-state index in [1.54, 1.807) is 7.11 Å². The molecule has 0 N–H and O–H groups in total. The predicted octanol–water partition coefficient (Wildman–Crippen LogP) is 4.36. The van der Waals surface area contributed by atoms with Crippen LogP contribution in [0, 0.1) is 0 Å². The van der Waals surface area contributed by atoms with Gasteiger partial charge in [0.2, 0.25) is 0 Å². The molecule has 3 heteroatoms. The molecule has 78 valence electrons. The number of alkyl halides is 2. The van der Waals surface area contributed by atoms with E-state index in [1.807, 2.05) is 0 Å². The van der Waals surface area contributed by atoms with Crippen LogP contribution in [0.2, 0.25) is 0 Å². The molecule has 0 aliphatic heterocycles. The third kappa shape index (κ3) is 2.81. The van der Waals surface area contributed by atoms with Crippen molar-refractivity contribution in [1.82, 2.24) is 0 Å². The summed E-state index contributed by atoms with van der Waals surface area (Å²) < 4.78 is 5.62. The van der Waals surface area contributed by atoms with Gasteiger partial charge in [-0.25, -0.2) is 0 Å². The van der Waals surface area contributed by atoms with E-state index in [4.69, 9.17) is 4.74 Å². The summed E-state index contributed by atoms with van der Waals surface area (Å²) in [6, 6.07) is 8.36. The average molecular weight is 322 g/mol. The van der Waals surface area contributed by atoms with Gasteiger partial charge in [-0.1, -0.05) is 56.1 Å². The molecule has 0 aliphatic carbocycles. The van der Waals surface area contributed by atoms with Crippen molar-refractivity contribution < 1.29 is 4.74 Å². The molecule has 0 spiro atoms. The van der Waals surface area contributed by atoms with Crippen molar-refractivity contribution in [3.63, 3.8) is 0 Å². The fraction of sp³-hybridized carbons (Fsp3) is 0.455. The number of benzene rings is 1. The van der Waals surface area contributed by atoms with E-state index in [-0.39, 0.29) is 9.34 Å². The summed E-state index contributed by atoms with van der Waals surface area (Å²) in [6.07, 6.45) is 0. The number of methoxy groups -OCH3 is 1. The zero-order valence-electron chi connectivity index (χ0n) is 8.55. The number of halogens is 2. The van der Waals surface area contributed by atoms with Gasteiger partial charge >= 0.3 is 0 Å². The third-order valence-electron chi connectivity index (χ3n) is 2.37. The molecular formula is C11H14Br2O. The highest BCUT2D eigenvalue weighted by Gasteiger charge is 2.19. The molecule has 1 nitrogen and oxygen atoms in total. The maximum Gasteiger partial charge on any atom is 0.0946 e. The largest absolute Gasteiger partial charge is 0.374 e. The Bertz CT molecular complexity index is 291. The van der Waals surface area contributed by atoms with Gasteiger partial charge in [0.1, 0.15) is 0 Å². The summed E-state index contributed by atoms with van der Waals surface area (Å²) in [4.78, 5) is 0. The van der Waals surface area contributed by atoms with Crippen LogP contribution >= 0.6 is 31.9 Å². The SMILES string of the molecule is COC(C)(C)c1ccc(C(Br)Br)cc1. The van der Waals surface area contributed by atoms with E-state index >= 15 is 0 Å². The molecule has 0 heterocycles. The second-order valence-corrected chi connectivity index (χ2v) is 6.70. The molecule has 0 saturated carbocycles. The fourth-order valence-electron chi connectivity index (χ4n) is 1.15. The molecule has 0 radical (unpaired) electrons. The maximum absolute atomic E-state index is 5.40. The number of hydrogen-bond acceptors (Lipinski definition) is 1. The minimum atomic E-state index is -0.216. The first-order valence-corrected chi connectivity index (χ1v) is 6.24. The molecule has 1 aromatic carbocycles. The predicted molar refractivity (Wildman–Crippen MR) is 67.1 cm³/mol. The second kappa shape index (κ2) is 4.77. The van der Waals surface area contributed by atoms with Gasteiger partial charge < -0.3 is 4.74 Å². The van der Waals surface area contributed by atoms with E-state index in [1.165, 1.54) is 11.1 Å². The van der Waals surface area contributed by atoms with Crippen molar-refractivity contribution >= 4 is 31.9 Å². The lowest BCUT2D eigenvalue weighted by molar-refractivity contribution is 0.0192. The van der Waals surface area contributed by atoms with Crippen LogP contribution in [0.25, 0.3) is 0 Å². The van der Waals surface area contributed by atoms with E-state index in [2.05, 4.69) is 70.0 Å². The fourth-order valence-corrected chi connectivity index (χ4v) is 1.76. The molecular weight excluding hydrogens is 308 g/mol. The van der Waals surface area contributed by atoms with Gasteiger partial charge in [-0.2, -0.15) is 0 Å². The van der Waals surface area contributed by atoms with Crippen LogP contribution in [0.3, 0.4) is 0 Å². The standard InChI is InChI=1S/C11H14Br2O/c1-11(2,14-3)9-6-4-8(5-7-9)10(12)13/h4-7,10H,1-3H3. The minimum Gasteiger partial charge on any atom is -0.374 e. The van der Waals surface area contributed by atoms with Crippen molar-refractivity contribution in [3.05, 3.63) is 35.4 Å². The molecule has 0 atom stereocenters. The summed E-state index contributed by atoms with van der Waals surface area (Å²) in [5.41, 5.74) is 2.18. The molecule has 0 saturated heterocycles. The van der Waals surface area contributed by atoms with Crippen LogP contribution in [0.4, 0.5) is 0 Å². The van der Waals surface area contributed by atoms with Gasteiger partial charge in [0.05, 0.1) is 9.34 Å². The Morgan fingerprint density at radius 2 is 1.64 bits per heavy atom. The molecule has 0 fully saturated rings. The molecule has 0 bridgehead atoms. The Labute approximate surface area is 102 Å². The van der Waals surface area contributed by atoms with Gasteiger partial charge in [0, 0.05) is 7.11 Å². The number of hydrogen-bond donors (Lipinski definition) is 0. The van der Waals surface area contributed by atoms with Crippen molar-refractivity contribution in [2.24, 2.45) is 0 Å². The first-order valence-electron chi connectivity index (χ1n) is 4.41. The molecule has 1 aromatic rings. The highest BCUT2D eigenvalue weighted by atomic mass is 79.9. The number of rotatable bonds is 3. The van der Waals surface area contributed by atoms with Crippen molar-refractivity contribution in [2.45, 2.75) is 23.2 Å². The lowest BCUT2D eigenvalue weighted by Gasteiger charge is -2.23. The summed E-state index contributed by atoms with van der Waals surface area (Å²) >= 11 is 6.92. The molecule has 0 aromatic heterocycles. The number of ether oxygens (including phenoxy) is 1. The second-order valence-electron chi connectivity index (χ2n) is 3.64. The Morgan fingerprint density at radius 3 is 2.00 bits per heavy atom. The van der Waals surface area contributed by atoms with Gasteiger partial charge in [0.15, 0.2) is 0 Å². The molecule has 14 heavy (non-hydrogen) atoms. The average Bonchev–Trinajstić information content (AvgIpc) is 2.18. The van der Waals surface area contributed by atoms with Crippen molar-refractivity contribution in [3.8, 4) is 0 Å². The Hall–Kier alpha value is 0.140. The summed E-state index contributed by atoms with van der Waals surface area (Å²) in [6.45, 7) is 4.11. The maximum atomic E-state index is 5.40. The van der Waals surface area contributed by atoms with Crippen molar-refractivity contribution in [1.29, 1.82) is 0 Å². The highest BCUT2D eigenvalue weighted by Crippen LogP contribution is 2.31. The Balaban J connectivity index is 2.94. The first kappa shape index (κ1) is 12.2. The normalized spacial score (nSPS) is 12.1. The minimum absolute atomic E-state index is 0.216.